The summed E-state index contributed by atoms with van der Waals surface area (Å²) in [6, 6.07) is 0. The molecule has 17 heavy (non-hydrogen) atoms. The van der Waals surface area contributed by atoms with Crippen molar-refractivity contribution >= 4 is 0 Å². The van der Waals surface area contributed by atoms with Crippen LogP contribution in [0.5, 0.6) is 0 Å². The molecule has 0 aromatic carbocycles. The van der Waals surface area contributed by atoms with Crippen LogP contribution in [0.4, 0.5) is 22.0 Å². The molecule has 0 aromatic rings. The molecule has 6 heteroatoms. The number of rotatable bonds is 4. The van der Waals surface area contributed by atoms with Gasteiger partial charge in [0.15, 0.2) is 6.30 Å². The van der Waals surface area contributed by atoms with Crippen molar-refractivity contribution in [3.05, 3.63) is 0 Å². The molecule has 1 aliphatic heterocycles. The second-order valence-electron chi connectivity index (χ2n) is 4.65. The summed E-state index contributed by atoms with van der Waals surface area (Å²) in [5.74, 6) is -1.39. The number of likely N-dealkylation sites (tertiary alicyclic amines) is 1. The fourth-order valence-corrected chi connectivity index (χ4v) is 2.18. The van der Waals surface area contributed by atoms with E-state index in [0.29, 0.717) is 12.8 Å². The molecule has 3 atom stereocenters. The van der Waals surface area contributed by atoms with Gasteiger partial charge in [0.25, 0.3) is 5.67 Å². The summed E-state index contributed by atoms with van der Waals surface area (Å²) in [5.41, 5.74) is -3.77. The van der Waals surface area contributed by atoms with Crippen molar-refractivity contribution in [2.24, 2.45) is 5.92 Å². The lowest BCUT2D eigenvalue weighted by Gasteiger charge is -2.39. The molecule has 1 rings (SSSR count). The highest BCUT2D eigenvalue weighted by Crippen LogP contribution is 2.46. The molecule has 0 saturated carbocycles. The fraction of sp³-hybridized carbons (Fsp3) is 1.00. The van der Waals surface area contributed by atoms with Crippen molar-refractivity contribution in [2.45, 2.75) is 51.3 Å². The molecule has 0 spiro atoms. The second kappa shape index (κ2) is 5.08. The van der Waals surface area contributed by atoms with E-state index >= 15 is 0 Å². The summed E-state index contributed by atoms with van der Waals surface area (Å²) >= 11 is 0. The molecule has 0 amide bonds. The third kappa shape index (κ3) is 2.56. The highest BCUT2D eigenvalue weighted by molar-refractivity contribution is 4.98. The van der Waals surface area contributed by atoms with E-state index in [2.05, 4.69) is 0 Å². The molecule has 1 aliphatic rings. The van der Waals surface area contributed by atoms with Gasteiger partial charge in [-0.15, -0.1) is 0 Å². The Morgan fingerprint density at radius 2 is 1.59 bits per heavy atom. The van der Waals surface area contributed by atoms with Gasteiger partial charge in [0.1, 0.15) is 0 Å². The summed E-state index contributed by atoms with van der Waals surface area (Å²) in [7, 11) is 0. The van der Waals surface area contributed by atoms with E-state index in [1.807, 2.05) is 0 Å². The van der Waals surface area contributed by atoms with Gasteiger partial charge in [-0.2, -0.15) is 13.2 Å². The van der Waals surface area contributed by atoms with Crippen LogP contribution in [0, 0.1) is 5.92 Å². The lowest BCUT2D eigenvalue weighted by Crippen LogP contribution is -2.59. The Morgan fingerprint density at radius 1 is 1.12 bits per heavy atom. The molecule has 0 aromatic heterocycles. The highest BCUT2D eigenvalue weighted by atomic mass is 19.4. The van der Waals surface area contributed by atoms with Crippen LogP contribution in [0.25, 0.3) is 0 Å². The highest BCUT2D eigenvalue weighted by Gasteiger charge is 2.65. The van der Waals surface area contributed by atoms with Crippen molar-refractivity contribution in [2.75, 3.05) is 13.1 Å². The lowest BCUT2D eigenvalue weighted by atomic mass is 9.86. The number of halogens is 5. The SMILES string of the molecule is CCC(C)C(F)(C(F)N1CCCC1)C(F)(F)F. The zero-order valence-corrected chi connectivity index (χ0v) is 10.0. The van der Waals surface area contributed by atoms with E-state index in [4.69, 9.17) is 0 Å². The summed E-state index contributed by atoms with van der Waals surface area (Å²) < 4.78 is 66.5. The number of hydrogen-bond acceptors (Lipinski definition) is 1. The van der Waals surface area contributed by atoms with Gasteiger partial charge < -0.3 is 0 Å². The average Bonchev–Trinajstić information content (AvgIpc) is 2.77. The quantitative estimate of drug-likeness (QED) is 0.549. The molecule has 1 fully saturated rings. The van der Waals surface area contributed by atoms with Gasteiger partial charge in [0.2, 0.25) is 0 Å². The fourth-order valence-electron chi connectivity index (χ4n) is 2.18. The maximum atomic E-state index is 14.2. The van der Waals surface area contributed by atoms with E-state index in [1.54, 1.807) is 0 Å². The third-order valence-corrected chi connectivity index (χ3v) is 3.57. The molecule has 0 N–H and O–H groups in total. The first-order valence-corrected chi connectivity index (χ1v) is 5.88. The van der Waals surface area contributed by atoms with Crippen molar-refractivity contribution in [1.82, 2.24) is 4.90 Å². The van der Waals surface area contributed by atoms with Crippen molar-refractivity contribution in [3.8, 4) is 0 Å². The van der Waals surface area contributed by atoms with Crippen molar-refractivity contribution in [1.29, 1.82) is 0 Å². The first-order valence-electron chi connectivity index (χ1n) is 5.88. The lowest BCUT2D eigenvalue weighted by molar-refractivity contribution is -0.284. The second-order valence-corrected chi connectivity index (χ2v) is 4.65. The molecule has 0 bridgehead atoms. The maximum Gasteiger partial charge on any atom is 0.427 e. The van der Waals surface area contributed by atoms with Gasteiger partial charge in [0.05, 0.1) is 0 Å². The maximum absolute atomic E-state index is 14.2. The standard InChI is InChI=1S/C11H18F5N/c1-3-8(2)10(13,11(14,15)16)9(12)17-6-4-5-7-17/h8-9H,3-7H2,1-2H3. The van der Waals surface area contributed by atoms with Crippen LogP contribution < -0.4 is 0 Å². The Bertz CT molecular complexity index is 249. The summed E-state index contributed by atoms with van der Waals surface area (Å²) in [5, 5.41) is 0. The van der Waals surface area contributed by atoms with Crippen LogP contribution in [-0.4, -0.2) is 36.1 Å². The van der Waals surface area contributed by atoms with Crippen LogP contribution in [0.15, 0.2) is 0 Å². The van der Waals surface area contributed by atoms with E-state index in [0.717, 1.165) is 11.8 Å². The monoisotopic (exact) mass is 259 g/mol. The molecular weight excluding hydrogens is 241 g/mol. The Hall–Kier alpha value is -0.390. The first kappa shape index (κ1) is 14.7. The van der Waals surface area contributed by atoms with Gasteiger partial charge in [-0.25, -0.2) is 8.78 Å². The van der Waals surface area contributed by atoms with E-state index in [9.17, 15) is 22.0 Å². The molecule has 3 unspecified atom stereocenters. The molecule has 0 aliphatic carbocycles. The Morgan fingerprint density at radius 3 is 1.94 bits per heavy atom. The molecule has 0 radical (unpaired) electrons. The van der Waals surface area contributed by atoms with Gasteiger partial charge >= 0.3 is 6.18 Å². The molecule has 1 saturated heterocycles. The largest absolute Gasteiger partial charge is 0.427 e. The molecule has 1 heterocycles. The number of alkyl halides is 5. The van der Waals surface area contributed by atoms with Gasteiger partial charge in [-0.3, -0.25) is 4.90 Å². The zero-order valence-electron chi connectivity index (χ0n) is 10.0. The molecular formula is C11H18F5N. The van der Waals surface area contributed by atoms with Gasteiger partial charge in [-0.1, -0.05) is 13.8 Å². The zero-order chi connectivity index (χ0) is 13.3. The van der Waals surface area contributed by atoms with Gasteiger partial charge in [-0.05, 0) is 19.3 Å². The first-order chi connectivity index (χ1) is 7.75. The average molecular weight is 259 g/mol. The summed E-state index contributed by atoms with van der Waals surface area (Å²) in [6.07, 6.45) is -6.58. The van der Waals surface area contributed by atoms with Crippen LogP contribution >= 0.6 is 0 Å². The summed E-state index contributed by atoms with van der Waals surface area (Å²) in [6.45, 7) is 2.93. The van der Waals surface area contributed by atoms with Crippen LogP contribution in [-0.2, 0) is 0 Å². The van der Waals surface area contributed by atoms with Crippen molar-refractivity contribution < 1.29 is 22.0 Å². The minimum atomic E-state index is -5.18. The Kier molecular flexibility index (Phi) is 4.38. The Labute approximate surface area is 98.0 Å². The van der Waals surface area contributed by atoms with Gasteiger partial charge in [0, 0.05) is 19.0 Å². The summed E-state index contributed by atoms with van der Waals surface area (Å²) in [4.78, 5) is 0.958. The topological polar surface area (TPSA) is 3.24 Å². The normalized spacial score (nSPS) is 25.6. The third-order valence-electron chi connectivity index (χ3n) is 3.57. The minimum Gasteiger partial charge on any atom is -0.271 e. The molecule has 102 valence electrons. The van der Waals surface area contributed by atoms with E-state index in [1.165, 1.54) is 6.92 Å². The van der Waals surface area contributed by atoms with E-state index in [-0.39, 0.29) is 19.5 Å². The number of hydrogen-bond donors (Lipinski definition) is 0. The molecule has 1 nitrogen and oxygen atoms in total. The Balaban J connectivity index is 2.96. The predicted octanol–water partition coefficient (Wildman–Crippen LogP) is 3.69. The van der Waals surface area contributed by atoms with E-state index < -0.39 is 24.1 Å². The smallest absolute Gasteiger partial charge is 0.271 e. The van der Waals surface area contributed by atoms with Crippen LogP contribution in [0.2, 0.25) is 0 Å². The van der Waals surface area contributed by atoms with Crippen LogP contribution in [0.3, 0.4) is 0 Å². The number of nitrogens with zero attached hydrogens (tertiary/aromatic N) is 1. The minimum absolute atomic E-state index is 0.0513. The van der Waals surface area contributed by atoms with Crippen molar-refractivity contribution in [3.63, 3.8) is 0 Å². The predicted molar refractivity (Wildman–Crippen MR) is 55.1 cm³/mol. The van der Waals surface area contributed by atoms with Crippen LogP contribution in [0.1, 0.15) is 33.1 Å².